The van der Waals surface area contributed by atoms with E-state index in [1.54, 1.807) is 26.4 Å². The molecule has 1 unspecified atom stereocenters. The van der Waals surface area contributed by atoms with Crippen LogP contribution >= 0.6 is 0 Å². The lowest BCUT2D eigenvalue weighted by Gasteiger charge is -2.28. The molecule has 2 aromatic carbocycles. The second-order valence-electron chi connectivity index (χ2n) is 6.92. The van der Waals surface area contributed by atoms with E-state index in [1.165, 1.54) is 24.0 Å². The summed E-state index contributed by atoms with van der Waals surface area (Å²) in [5.41, 5.74) is 2.91. The molecule has 144 valence electrons. The largest absolute Gasteiger partial charge is 0.496 e. The van der Waals surface area contributed by atoms with E-state index in [0.717, 1.165) is 13.1 Å². The van der Waals surface area contributed by atoms with E-state index in [1.807, 2.05) is 6.07 Å². The summed E-state index contributed by atoms with van der Waals surface area (Å²) >= 11 is 0. The van der Waals surface area contributed by atoms with Gasteiger partial charge in [0.1, 0.15) is 17.1 Å². The fraction of sp³-hybridized carbons (Fsp3) is 0.409. The van der Waals surface area contributed by atoms with Crippen LogP contribution in [0.3, 0.4) is 0 Å². The molecule has 0 radical (unpaired) electrons. The monoisotopic (exact) mass is 368 g/mol. The first-order chi connectivity index (χ1) is 13.1. The number of carbonyl (C=O) groups excluding carboxylic acids is 1. The molecular weight excluding hydrogens is 340 g/mol. The van der Waals surface area contributed by atoms with Gasteiger partial charge in [0.05, 0.1) is 20.3 Å². The first kappa shape index (κ1) is 19.2. The molecule has 0 spiro atoms. The number of hydrogen-bond donors (Lipinski definition) is 1. The van der Waals surface area contributed by atoms with Crippen molar-refractivity contribution in [2.45, 2.75) is 25.8 Å². The molecule has 27 heavy (non-hydrogen) atoms. The van der Waals surface area contributed by atoms with Crippen molar-refractivity contribution >= 4 is 5.91 Å². The highest BCUT2D eigenvalue weighted by molar-refractivity contribution is 5.99. The van der Waals surface area contributed by atoms with Gasteiger partial charge in [-0.1, -0.05) is 35.9 Å². The molecular formula is C22H28N2O3. The molecule has 0 aromatic heterocycles. The Morgan fingerprint density at radius 2 is 1.63 bits per heavy atom. The van der Waals surface area contributed by atoms with Gasteiger partial charge in [-0.2, -0.15) is 0 Å². The maximum absolute atomic E-state index is 12.9. The average Bonchev–Trinajstić information content (AvgIpc) is 3.23. The molecule has 5 nitrogen and oxygen atoms in total. The Morgan fingerprint density at radius 1 is 1.04 bits per heavy atom. The highest BCUT2D eigenvalue weighted by Gasteiger charge is 2.25. The lowest BCUT2D eigenvalue weighted by molar-refractivity contribution is 0.0931. The molecule has 1 saturated heterocycles. The molecule has 0 aliphatic carbocycles. The zero-order valence-corrected chi connectivity index (χ0v) is 16.3. The Labute approximate surface area is 161 Å². The van der Waals surface area contributed by atoms with Gasteiger partial charge in [0.25, 0.3) is 5.91 Å². The van der Waals surface area contributed by atoms with Crippen molar-refractivity contribution in [3.05, 3.63) is 59.2 Å². The molecule has 1 aliphatic heterocycles. The number of methoxy groups -OCH3 is 2. The molecule has 0 saturated carbocycles. The van der Waals surface area contributed by atoms with Crippen LogP contribution < -0.4 is 14.8 Å². The van der Waals surface area contributed by atoms with Gasteiger partial charge in [0.15, 0.2) is 0 Å². The van der Waals surface area contributed by atoms with Crippen molar-refractivity contribution in [2.24, 2.45) is 0 Å². The van der Waals surface area contributed by atoms with E-state index < -0.39 is 0 Å². The molecule has 1 N–H and O–H groups in total. The van der Waals surface area contributed by atoms with E-state index in [2.05, 4.69) is 41.4 Å². The van der Waals surface area contributed by atoms with E-state index >= 15 is 0 Å². The maximum Gasteiger partial charge on any atom is 0.258 e. The molecule has 1 heterocycles. The fourth-order valence-corrected chi connectivity index (χ4v) is 3.65. The summed E-state index contributed by atoms with van der Waals surface area (Å²) in [6.07, 6.45) is 2.41. The molecule has 2 aromatic rings. The van der Waals surface area contributed by atoms with Crippen LogP contribution in [0.2, 0.25) is 0 Å². The minimum Gasteiger partial charge on any atom is -0.496 e. The summed E-state index contributed by atoms with van der Waals surface area (Å²) < 4.78 is 10.7. The zero-order valence-electron chi connectivity index (χ0n) is 16.3. The summed E-state index contributed by atoms with van der Waals surface area (Å²) in [7, 11) is 3.12. The SMILES string of the molecule is COc1cccc(OC)c1C(=O)NCC(c1ccc(C)cc1)N1CCCC1. The van der Waals surface area contributed by atoms with Gasteiger partial charge in [-0.05, 0) is 50.6 Å². The van der Waals surface area contributed by atoms with Gasteiger partial charge < -0.3 is 14.8 Å². The van der Waals surface area contributed by atoms with Crippen molar-refractivity contribution in [1.82, 2.24) is 10.2 Å². The van der Waals surface area contributed by atoms with Crippen molar-refractivity contribution in [3.8, 4) is 11.5 Å². The molecule has 3 rings (SSSR count). The third kappa shape index (κ3) is 4.42. The minimum atomic E-state index is -0.180. The summed E-state index contributed by atoms with van der Waals surface area (Å²) in [6.45, 7) is 4.76. The lowest BCUT2D eigenvalue weighted by Crippen LogP contribution is -2.37. The fourth-order valence-electron chi connectivity index (χ4n) is 3.65. The summed E-state index contributed by atoms with van der Waals surface area (Å²) in [5.74, 6) is 0.848. The number of nitrogens with zero attached hydrogens (tertiary/aromatic N) is 1. The normalized spacial score (nSPS) is 15.4. The van der Waals surface area contributed by atoms with Gasteiger partial charge in [-0.3, -0.25) is 9.69 Å². The molecule has 0 bridgehead atoms. The Balaban J connectivity index is 1.79. The average molecular weight is 368 g/mol. The highest BCUT2D eigenvalue weighted by Crippen LogP contribution is 2.29. The van der Waals surface area contributed by atoms with Crippen molar-refractivity contribution in [2.75, 3.05) is 33.9 Å². The second kappa shape index (κ2) is 8.91. The number of ether oxygens (including phenoxy) is 2. The highest BCUT2D eigenvalue weighted by atomic mass is 16.5. The van der Waals surface area contributed by atoms with Gasteiger partial charge in [-0.15, -0.1) is 0 Å². The van der Waals surface area contributed by atoms with Crippen LogP contribution in [0.4, 0.5) is 0 Å². The Hall–Kier alpha value is -2.53. The minimum absolute atomic E-state index is 0.165. The number of nitrogens with one attached hydrogen (secondary N) is 1. The molecule has 1 aliphatic rings. The second-order valence-corrected chi connectivity index (χ2v) is 6.92. The van der Waals surface area contributed by atoms with Crippen LogP contribution in [0.15, 0.2) is 42.5 Å². The van der Waals surface area contributed by atoms with Crippen LogP contribution in [0.1, 0.15) is 40.4 Å². The van der Waals surface area contributed by atoms with E-state index in [0.29, 0.717) is 23.6 Å². The Morgan fingerprint density at radius 3 is 2.19 bits per heavy atom. The molecule has 5 heteroatoms. The lowest BCUT2D eigenvalue weighted by atomic mass is 10.0. The van der Waals surface area contributed by atoms with Crippen molar-refractivity contribution in [1.29, 1.82) is 0 Å². The summed E-state index contributed by atoms with van der Waals surface area (Å²) in [6, 6.07) is 14.1. The number of rotatable bonds is 7. The number of benzene rings is 2. The molecule has 1 atom stereocenters. The quantitative estimate of drug-likeness (QED) is 0.812. The van der Waals surface area contributed by atoms with Crippen LogP contribution in [-0.4, -0.2) is 44.7 Å². The van der Waals surface area contributed by atoms with Crippen LogP contribution in [0.25, 0.3) is 0 Å². The van der Waals surface area contributed by atoms with Crippen LogP contribution in [0.5, 0.6) is 11.5 Å². The van der Waals surface area contributed by atoms with Crippen LogP contribution in [-0.2, 0) is 0 Å². The van der Waals surface area contributed by atoms with Gasteiger partial charge in [-0.25, -0.2) is 0 Å². The van der Waals surface area contributed by atoms with E-state index in [9.17, 15) is 4.79 Å². The third-order valence-electron chi connectivity index (χ3n) is 5.15. The standard InChI is InChI=1S/C22H28N2O3/c1-16-9-11-17(12-10-16)18(24-13-4-5-14-24)15-23-22(25)21-19(26-2)7-6-8-20(21)27-3/h6-12,18H,4-5,13-15H2,1-3H3,(H,23,25). The Kier molecular flexibility index (Phi) is 6.35. The Bertz CT molecular complexity index is 745. The van der Waals surface area contributed by atoms with Gasteiger partial charge in [0, 0.05) is 6.54 Å². The van der Waals surface area contributed by atoms with E-state index in [4.69, 9.17) is 9.47 Å². The predicted octanol–water partition coefficient (Wildman–Crippen LogP) is 3.58. The first-order valence-corrected chi connectivity index (χ1v) is 9.44. The van der Waals surface area contributed by atoms with Gasteiger partial charge in [0.2, 0.25) is 0 Å². The summed E-state index contributed by atoms with van der Waals surface area (Å²) in [4.78, 5) is 15.4. The summed E-state index contributed by atoms with van der Waals surface area (Å²) in [5, 5.41) is 3.10. The molecule has 1 fully saturated rings. The number of aryl methyl sites for hydroxylation is 1. The van der Waals surface area contributed by atoms with Crippen molar-refractivity contribution < 1.29 is 14.3 Å². The van der Waals surface area contributed by atoms with Crippen molar-refractivity contribution in [3.63, 3.8) is 0 Å². The maximum atomic E-state index is 12.9. The van der Waals surface area contributed by atoms with Crippen LogP contribution in [0, 0.1) is 6.92 Å². The number of likely N-dealkylation sites (tertiary alicyclic amines) is 1. The zero-order chi connectivity index (χ0) is 19.2. The third-order valence-corrected chi connectivity index (χ3v) is 5.15. The topological polar surface area (TPSA) is 50.8 Å². The smallest absolute Gasteiger partial charge is 0.258 e. The predicted molar refractivity (Wildman–Crippen MR) is 107 cm³/mol. The number of carbonyl (C=O) groups is 1. The number of hydrogen-bond acceptors (Lipinski definition) is 4. The van der Waals surface area contributed by atoms with E-state index in [-0.39, 0.29) is 11.9 Å². The van der Waals surface area contributed by atoms with Gasteiger partial charge >= 0.3 is 0 Å². The first-order valence-electron chi connectivity index (χ1n) is 9.44. The molecule has 1 amide bonds. The number of amides is 1.